The summed E-state index contributed by atoms with van der Waals surface area (Å²) in [5, 5.41) is 12.0. The van der Waals surface area contributed by atoms with Crippen molar-refractivity contribution in [2.24, 2.45) is 5.73 Å². The number of carbonyl (C=O) groups is 2. The van der Waals surface area contributed by atoms with E-state index in [1.54, 1.807) is 19.1 Å². The summed E-state index contributed by atoms with van der Waals surface area (Å²) in [4.78, 5) is 25.4. The van der Waals surface area contributed by atoms with Gasteiger partial charge < -0.3 is 15.8 Å². The molecule has 0 spiro atoms. The minimum atomic E-state index is -0.656. The van der Waals surface area contributed by atoms with Crippen molar-refractivity contribution < 1.29 is 14.3 Å². The summed E-state index contributed by atoms with van der Waals surface area (Å²) in [7, 11) is 0. The molecule has 25 heavy (non-hydrogen) atoms. The molecule has 2 amide bonds. The minimum Gasteiger partial charge on any atom is -0.449 e. The molecule has 0 aromatic heterocycles. The van der Waals surface area contributed by atoms with E-state index >= 15 is 0 Å². The molecule has 1 aromatic rings. The van der Waals surface area contributed by atoms with Gasteiger partial charge in [0.05, 0.1) is 6.61 Å². The van der Waals surface area contributed by atoms with Gasteiger partial charge in [-0.2, -0.15) is 5.26 Å². The van der Waals surface area contributed by atoms with E-state index in [0.717, 1.165) is 16.7 Å². The van der Waals surface area contributed by atoms with Crippen LogP contribution in [-0.2, 0) is 9.53 Å². The number of nitrogens with zero attached hydrogens (tertiary/aromatic N) is 2. The Bertz CT molecular complexity index is 677. The molecule has 7 heteroatoms. The van der Waals surface area contributed by atoms with E-state index in [1.807, 2.05) is 32.0 Å². The number of rotatable bonds is 7. The molecule has 0 radical (unpaired) electrons. The summed E-state index contributed by atoms with van der Waals surface area (Å²) in [6, 6.07) is 9.18. The highest BCUT2D eigenvalue weighted by Gasteiger charge is 2.17. The van der Waals surface area contributed by atoms with Crippen molar-refractivity contribution in [3.8, 4) is 6.07 Å². The maximum Gasteiger partial charge on any atom is 0.413 e. The summed E-state index contributed by atoms with van der Waals surface area (Å²) in [6.07, 6.45) is 0.508. The smallest absolute Gasteiger partial charge is 0.413 e. The van der Waals surface area contributed by atoms with Gasteiger partial charge in [-0.25, -0.2) is 4.79 Å². The molecule has 0 heterocycles. The highest BCUT2D eigenvalue weighted by molar-refractivity contribution is 6.07. The van der Waals surface area contributed by atoms with Crippen LogP contribution in [0, 0.1) is 11.3 Å². The number of anilines is 1. The predicted octanol–water partition coefficient (Wildman–Crippen LogP) is 2.57. The van der Waals surface area contributed by atoms with Gasteiger partial charge in [0.2, 0.25) is 0 Å². The van der Waals surface area contributed by atoms with E-state index in [1.165, 1.54) is 0 Å². The van der Waals surface area contributed by atoms with Crippen molar-refractivity contribution in [1.82, 2.24) is 4.90 Å². The Balaban J connectivity index is 3.04. The van der Waals surface area contributed by atoms with E-state index in [9.17, 15) is 14.9 Å². The maximum atomic E-state index is 12.4. The molecular weight excluding hydrogens is 320 g/mol. The first-order chi connectivity index (χ1) is 11.9. The molecule has 3 N–H and O–H groups in total. The lowest BCUT2D eigenvalue weighted by Crippen LogP contribution is -2.32. The Labute approximate surface area is 148 Å². The Morgan fingerprint density at radius 1 is 1.40 bits per heavy atom. The number of para-hydroxylation sites is 1. The zero-order valence-electron chi connectivity index (χ0n) is 14.8. The van der Waals surface area contributed by atoms with Gasteiger partial charge >= 0.3 is 6.09 Å². The molecule has 0 saturated heterocycles. The molecule has 0 aliphatic rings. The third-order valence-electron chi connectivity index (χ3n) is 3.35. The fourth-order valence-corrected chi connectivity index (χ4v) is 2.15. The monoisotopic (exact) mass is 344 g/mol. The summed E-state index contributed by atoms with van der Waals surface area (Å²) in [5.41, 5.74) is 6.85. The molecule has 0 aliphatic heterocycles. The fraction of sp³-hybridized carbons (Fsp3) is 0.389. The molecule has 0 aliphatic carbocycles. The number of hydrogen-bond acceptors (Lipinski definition) is 5. The molecule has 0 atom stereocenters. The van der Waals surface area contributed by atoms with Crippen molar-refractivity contribution in [2.75, 3.05) is 25.0 Å². The van der Waals surface area contributed by atoms with Crippen LogP contribution in [0.2, 0.25) is 0 Å². The normalized spacial score (nSPS) is 11.0. The van der Waals surface area contributed by atoms with E-state index in [0.29, 0.717) is 5.69 Å². The lowest BCUT2D eigenvalue weighted by Gasteiger charge is -2.17. The highest BCUT2D eigenvalue weighted by atomic mass is 16.6. The second-order valence-corrected chi connectivity index (χ2v) is 5.53. The first-order valence-corrected chi connectivity index (χ1v) is 8.10. The second kappa shape index (κ2) is 10.1. The SMILES string of the molecule is CCOC(=O)N(/C=C(/C#N)C(=O)Nc1ccccc1C(C)C)CCN. The average Bonchev–Trinajstić information content (AvgIpc) is 2.58. The Morgan fingerprint density at radius 3 is 2.64 bits per heavy atom. The van der Waals surface area contributed by atoms with Crippen molar-refractivity contribution >= 4 is 17.7 Å². The van der Waals surface area contributed by atoms with Crippen LogP contribution in [0.4, 0.5) is 10.5 Å². The lowest BCUT2D eigenvalue weighted by molar-refractivity contribution is -0.112. The first-order valence-electron chi connectivity index (χ1n) is 8.10. The van der Waals surface area contributed by atoms with Crippen LogP contribution in [0.15, 0.2) is 36.0 Å². The Morgan fingerprint density at radius 2 is 2.08 bits per heavy atom. The minimum absolute atomic E-state index is 0.139. The molecule has 0 saturated carbocycles. The van der Waals surface area contributed by atoms with Crippen molar-refractivity contribution in [3.63, 3.8) is 0 Å². The van der Waals surface area contributed by atoms with Gasteiger partial charge in [-0.05, 0) is 24.5 Å². The third kappa shape index (κ3) is 5.94. The lowest BCUT2D eigenvalue weighted by atomic mass is 10.0. The Kier molecular flexibility index (Phi) is 8.16. The van der Waals surface area contributed by atoms with E-state index < -0.39 is 12.0 Å². The molecular formula is C18H24N4O3. The topological polar surface area (TPSA) is 108 Å². The van der Waals surface area contributed by atoms with E-state index in [4.69, 9.17) is 10.5 Å². The van der Waals surface area contributed by atoms with Crippen LogP contribution in [0.25, 0.3) is 0 Å². The summed E-state index contributed by atoms with van der Waals surface area (Å²) >= 11 is 0. The van der Waals surface area contributed by atoms with Crippen LogP contribution in [0.1, 0.15) is 32.3 Å². The molecule has 7 nitrogen and oxygen atoms in total. The van der Waals surface area contributed by atoms with Crippen LogP contribution in [-0.4, -0.2) is 36.6 Å². The third-order valence-corrected chi connectivity index (χ3v) is 3.35. The largest absolute Gasteiger partial charge is 0.449 e. The van der Waals surface area contributed by atoms with Crippen LogP contribution in [0.3, 0.4) is 0 Å². The van der Waals surface area contributed by atoms with Crippen LogP contribution in [0.5, 0.6) is 0 Å². The Hall–Kier alpha value is -2.85. The second-order valence-electron chi connectivity index (χ2n) is 5.53. The zero-order chi connectivity index (χ0) is 18.8. The maximum absolute atomic E-state index is 12.4. The van der Waals surface area contributed by atoms with Gasteiger partial charge in [0.1, 0.15) is 11.6 Å². The highest BCUT2D eigenvalue weighted by Crippen LogP contribution is 2.24. The molecule has 0 unspecified atom stereocenters. The number of amides is 2. The number of ether oxygens (including phenoxy) is 1. The number of carbonyl (C=O) groups excluding carboxylic acids is 2. The first kappa shape index (κ1) is 20.2. The van der Waals surface area contributed by atoms with Gasteiger partial charge in [0.15, 0.2) is 0 Å². The van der Waals surface area contributed by atoms with Gasteiger partial charge in [-0.1, -0.05) is 32.0 Å². The number of nitrogens with two attached hydrogens (primary N) is 1. The molecule has 134 valence electrons. The van der Waals surface area contributed by atoms with Crippen molar-refractivity contribution in [1.29, 1.82) is 5.26 Å². The zero-order valence-corrected chi connectivity index (χ0v) is 14.8. The molecule has 0 fully saturated rings. The summed E-state index contributed by atoms with van der Waals surface area (Å²) < 4.78 is 4.90. The molecule has 0 bridgehead atoms. The predicted molar refractivity (Wildman–Crippen MR) is 95.6 cm³/mol. The van der Waals surface area contributed by atoms with Gasteiger partial charge in [0, 0.05) is 25.0 Å². The number of nitrogens with one attached hydrogen (secondary N) is 1. The molecule has 1 rings (SSSR count). The summed E-state index contributed by atoms with van der Waals surface area (Å²) in [5.74, 6) is -0.388. The molecule has 1 aromatic carbocycles. The fourth-order valence-electron chi connectivity index (χ4n) is 2.15. The van der Waals surface area contributed by atoms with Crippen LogP contribution >= 0.6 is 0 Å². The van der Waals surface area contributed by atoms with Crippen LogP contribution < -0.4 is 11.1 Å². The average molecular weight is 344 g/mol. The number of nitriles is 1. The quantitative estimate of drug-likeness (QED) is 0.584. The van der Waals surface area contributed by atoms with E-state index in [2.05, 4.69) is 5.32 Å². The van der Waals surface area contributed by atoms with E-state index in [-0.39, 0.29) is 31.2 Å². The van der Waals surface area contributed by atoms with Gasteiger partial charge in [0.25, 0.3) is 5.91 Å². The van der Waals surface area contributed by atoms with Crippen molar-refractivity contribution in [3.05, 3.63) is 41.6 Å². The number of benzene rings is 1. The van der Waals surface area contributed by atoms with Crippen molar-refractivity contribution in [2.45, 2.75) is 26.7 Å². The number of hydrogen-bond donors (Lipinski definition) is 2. The standard InChI is InChI=1S/C18H24N4O3/c1-4-25-18(24)22(10-9-19)12-14(11-20)17(23)21-16-8-6-5-7-15(16)13(2)3/h5-8,12-13H,4,9-10,19H2,1-3H3,(H,21,23)/b14-12-. The van der Waals surface area contributed by atoms with Gasteiger partial charge in [-0.15, -0.1) is 0 Å². The van der Waals surface area contributed by atoms with Gasteiger partial charge in [-0.3, -0.25) is 9.69 Å². The summed E-state index contributed by atoms with van der Waals surface area (Å²) in [6.45, 7) is 6.18.